The van der Waals surface area contributed by atoms with Crippen LogP contribution in [0.3, 0.4) is 0 Å². The van der Waals surface area contributed by atoms with Gasteiger partial charge in [0.1, 0.15) is 11.4 Å². The summed E-state index contributed by atoms with van der Waals surface area (Å²) in [4.78, 5) is 1.38. The first-order chi connectivity index (χ1) is 9.40. The number of nitrogens with zero attached hydrogens (tertiary/aromatic N) is 1. The maximum absolute atomic E-state index is 13.3. The van der Waals surface area contributed by atoms with Gasteiger partial charge in [-0.05, 0) is 0 Å². The molecule has 7 heteroatoms. The van der Waals surface area contributed by atoms with Crippen LogP contribution in [0.1, 0.15) is 0 Å². The van der Waals surface area contributed by atoms with Gasteiger partial charge in [0.25, 0.3) is 0 Å². The van der Waals surface area contributed by atoms with Gasteiger partial charge in [0, 0.05) is 42.5 Å². The van der Waals surface area contributed by atoms with Crippen molar-refractivity contribution < 1.29 is 22.1 Å². The molecule has 1 aliphatic heterocycles. The maximum Gasteiger partial charge on any atom is 0.185 e. The summed E-state index contributed by atoms with van der Waals surface area (Å²) < 4.78 is 65.4. The fraction of sp³-hybridized carbons (Fsp3) is 0.0769. The van der Waals surface area contributed by atoms with Crippen LogP contribution >= 0.6 is 0 Å². The van der Waals surface area contributed by atoms with Gasteiger partial charge in [-0.2, -0.15) is 0 Å². The first kappa shape index (κ1) is 13.3. The van der Waals surface area contributed by atoms with Gasteiger partial charge < -0.3 is 9.45 Å². The molecule has 0 saturated carbocycles. The molecule has 0 fully saturated rings. The molecular formula is C13H7F4NOS. The summed E-state index contributed by atoms with van der Waals surface area (Å²) in [6, 6.07) is 3.38. The average molecular weight is 301 g/mol. The fourth-order valence-corrected chi connectivity index (χ4v) is 3.54. The largest absolute Gasteiger partial charge is 0.606 e. The molecule has 1 heterocycles. The number of fused-ring (bicyclic) bond motifs is 2. The van der Waals surface area contributed by atoms with Gasteiger partial charge in [-0.1, -0.05) is 0 Å². The number of rotatable bonds is 0. The number of halogens is 4. The normalized spacial score (nSPS) is 14.2. The monoisotopic (exact) mass is 301 g/mol. The number of hydrogen-bond donors (Lipinski definition) is 0. The SMILES string of the molecule is CN1c2cc(F)c(F)cc2[S+]([O-])c2cc(F)c(F)cc21. The molecule has 20 heavy (non-hydrogen) atoms. The minimum Gasteiger partial charge on any atom is -0.606 e. The van der Waals surface area contributed by atoms with Crippen molar-refractivity contribution in [3.8, 4) is 0 Å². The summed E-state index contributed by atoms with van der Waals surface area (Å²) in [5, 5.41) is 0. The molecule has 104 valence electrons. The third-order valence-corrected chi connectivity index (χ3v) is 4.58. The molecule has 0 bridgehead atoms. The highest BCUT2D eigenvalue weighted by Crippen LogP contribution is 2.44. The van der Waals surface area contributed by atoms with Crippen molar-refractivity contribution in [1.82, 2.24) is 0 Å². The molecule has 0 amide bonds. The minimum absolute atomic E-state index is 0.0184. The van der Waals surface area contributed by atoms with Crippen LogP contribution in [0.15, 0.2) is 34.1 Å². The molecule has 2 aromatic carbocycles. The standard InChI is InChI=1S/C13H7F4NOS/c1-18-10-2-6(14)8(16)4-12(10)20(19)13-5-9(17)7(15)3-11(13)18/h2-5H,1H3. The van der Waals surface area contributed by atoms with E-state index in [2.05, 4.69) is 0 Å². The van der Waals surface area contributed by atoms with Crippen molar-refractivity contribution in [1.29, 1.82) is 0 Å². The van der Waals surface area contributed by atoms with Crippen LogP contribution in [-0.4, -0.2) is 11.6 Å². The van der Waals surface area contributed by atoms with Crippen molar-refractivity contribution in [2.45, 2.75) is 9.79 Å². The van der Waals surface area contributed by atoms with E-state index in [0.29, 0.717) is 0 Å². The van der Waals surface area contributed by atoms with Gasteiger partial charge in [0.2, 0.25) is 0 Å². The molecule has 0 aromatic heterocycles. The molecule has 2 aromatic rings. The van der Waals surface area contributed by atoms with Crippen LogP contribution in [-0.2, 0) is 11.2 Å². The third-order valence-electron chi connectivity index (χ3n) is 3.13. The first-order valence-electron chi connectivity index (χ1n) is 5.53. The lowest BCUT2D eigenvalue weighted by Crippen LogP contribution is -2.23. The fourth-order valence-electron chi connectivity index (χ4n) is 2.11. The van der Waals surface area contributed by atoms with E-state index in [4.69, 9.17) is 0 Å². The van der Waals surface area contributed by atoms with Gasteiger partial charge >= 0.3 is 0 Å². The quantitative estimate of drug-likeness (QED) is 0.550. The van der Waals surface area contributed by atoms with Crippen LogP contribution in [0.4, 0.5) is 28.9 Å². The molecule has 0 N–H and O–H groups in total. The summed E-state index contributed by atoms with van der Waals surface area (Å²) in [5.41, 5.74) is 0.307. The van der Waals surface area contributed by atoms with Crippen LogP contribution in [0.5, 0.6) is 0 Å². The van der Waals surface area contributed by atoms with E-state index in [9.17, 15) is 22.1 Å². The van der Waals surface area contributed by atoms with Crippen LogP contribution in [0, 0.1) is 23.3 Å². The van der Waals surface area contributed by atoms with E-state index in [1.54, 1.807) is 0 Å². The van der Waals surface area contributed by atoms with E-state index in [1.807, 2.05) is 0 Å². The predicted octanol–water partition coefficient (Wildman–Crippen LogP) is 3.49. The van der Waals surface area contributed by atoms with Crippen molar-refractivity contribution in [3.05, 3.63) is 47.5 Å². The first-order valence-corrected chi connectivity index (χ1v) is 6.68. The van der Waals surface area contributed by atoms with Gasteiger partial charge in [0.05, 0.1) is 0 Å². The Kier molecular flexibility index (Phi) is 2.91. The second-order valence-electron chi connectivity index (χ2n) is 4.30. The zero-order chi connectivity index (χ0) is 14.6. The summed E-state index contributed by atoms with van der Waals surface area (Å²) in [5.74, 6) is -4.48. The molecular weight excluding hydrogens is 294 g/mol. The van der Waals surface area contributed by atoms with Gasteiger partial charge in [-0.3, -0.25) is 0 Å². The van der Waals surface area contributed by atoms with Gasteiger partial charge in [-0.15, -0.1) is 0 Å². The maximum atomic E-state index is 13.3. The second-order valence-corrected chi connectivity index (χ2v) is 5.71. The lowest BCUT2D eigenvalue weighted by Gasteiger charge is -2.30. The summed E-state index contributed by atoms with van der Waals surface area (Å²) in [6.45, 7) is 0. The van der Waals surface area contributed by atoms with E-state index in [1.165, 1.54) is 11.9 Å². The zero-order valence-electron chi connectivity index (χ0n) is 10.1. The van der Waals surface area contributed by atoms with Crippen LogP contribution < -0.4 is 4.90 Å². The topological polar surface area (TPSA) is 26.3 Å². The van der Waals surface area contributed by atoms with Crippen molar-refractivity contribution in [2.24, 2.45) is 0 Å². The summed E-state index contributed by atoms with van der Waals surface area (Å²) in [7, 11) is 1.47. The van der Waals surface area contributed by atoms with E-state index in [0.717, 1.165) is 24.3 Å². The Bertz CT molecular complexity index is 603. The molecule has 3 rings (SSSR count). The Labute approximate surface area is 114 Å². The molecule has 0 spiro atoms. The van der Waals surface area contributed by atoms with Crippen LogP contribution in [0.25, 0.3) is 0 Å². The van der Waals surface area contributed by atoms with Crippen molar-refractivity contribution in [2.75, 3.05) is 11.9 Å². The summed E-state index contributed by atoms with van der Waals surface area (Å²) in [6.07, 6.45) is 0. The molecule has 2 nitrogen and oxygen atoms in total. The zero-order valence-corrected chi connectivity index (χ0v) is 10.9. The smallest absolute Gasteiger partial charge is 0.185 e. The lowest BCUT2D eigenvalue weighted by atomic mass is 10.2. The molecule has 0 atom stereocenters. The van der Waals surface area contributed by atoms with Gasteiger partial charge in [0.15, 0.2) is 33.1 Å². The lowest BCUT2D eigenvalue weighted by molar-refractivity contribution is 0.501. The second kappa shape index (κ2) is 4.39. The Morgan fingerprint density at radius 1 is 0.800 bits per heavy atom. The third kappa shape index (κ3) is 1.77. The highest BCUT2D eigenvalue weighted by atomic mass is 32.2. The van der Waals surface area contributed by atoms with E-state index >= 15 is 0 Å². The average Bonchev–Trinajstić information content (AvgIpc) is 2.41. The number of benzene rings is 2. The van der Waals surface area contributed by atoms with Crippen molar-refractivity contribution >= 4 is 22.6 Å². The van der Waals surface area contributed by atoms with E-state index < -0.39 is 34.4 Å². The Balaban J connectivity index is 2.27. The molecule has 0 unspecified atom stereocenters. The highest BCUT2D eigenvalue weighted by Gasteiger charge is 2.35. The Hall–Kier alpha value is -1.73. The Morgan fingerprint density at radius 3 is 1.55 bits per heavy atom. The molecule has 0 aliphatic carbocycles. The molecule has 0 saturated heterocycles. The number of hydrogen-bond acceptors (Lipinski definition) is 2. The Morgan fingerprint density at radius 2 is 1.15 bits per heavy atom. The molecule has 0 radical (unpaired) electrons. The van der Waals surface area contributed by atoms with Crippen molar-refractivity contribution in [3.63, 3.8) is 0 Å². The van der Waals surface area contributed by atoms with E-state index in [-0.39, 0.29) is 21.2 Å². The number of anilines is 2. The molecule has 1 aliphatic rings. The van der Waals surface area contributed by atoms with Crippen LogP contribution in [0.2, 0.25) is 0 Å². The minimum atomic E-state index is -1.90. The predicted molar refractivity (Wildman–Crippen MR) is 65.5 cm³/mol. The highest BCUT2D eigenvalue weighted by molar-refractivity contribution is 7.92. The summed E-state index contributed by atoms with van der Waals surface area (Å²) >= 11 is -1.90. The van der Waals surface area contributed by atoms with Gasteiger partial charge in [-0.25, -0.2) is 17.6 Å².